The number of aromatic nitrogens is 1. The number of aliphatic hydroxyl groups excluding tert-OH is 1. The van der Waals surface area contributed by atoms with Gasteiger partial charge >= 0.3 is 6.18 Å². The van der Waals surface area contributed by atoms with Gasteiger partial charge in [-0.05, 0) is 12.1 Å². The molecular weight excluding hydrogens is 249 g/mol. The van der Waals surface area contributed by atoms with Crippen molar-refractivity contribution < 1.29 is 23.1 Å². The molecule has 0 saturated carbocycles. The van der Waals surface area contributed by atoms with Crippen LogP contribution in [0.25, 0.3) is 0 Å². The molecule has 0 aromatic carbocycles. The molecule has 18 heavy (non-hydrogen) atoms. The summed E-state index contributed by atoms with van der Waals surface area (Å²) in [5.41, 5.74) is -0.840. The fourth-order valence-electron chi connectivity index (χ4n) is 1.87. The molecule has 1 aliphatic heterocycles. The number of anilines is 1. The topological polar surface area (TPSA) is 53.4 Å². The fourth-order valence-corrected chi connectivity index (χ4v) is 1.87. The van der Waals surface area contributed by atoms with Gasteiger partial charge in [-0.15, -0.1) is 0 Å². The molecule has 1 atom stereocenters. The molecule has 0 aliphatic carbocycles. The zero-order chi connectivity index (χ0) is 13.3. The second-order valence-corrected chi connectivity index (χ2v) is 4.16. The highest BCUT2D eigenvalue weighted by Crippen LogP contribution is 2.32. The second kappa shape index (κ2) is 4.56. The number of aliphatic hydroxyl groups is 1. The minimum absolute atomic E-state index is 0.0224. The van der Waals surface area contributed by atoms with Crippen LogP contribution in [0, 0.1) is 5.92 Å². The smallest absolute Gasteiger partial charge is 0.396 e. The van der Waals surface area contributed by atoms with E-state index in [4.69, 9.17) is 5.11 Å². The molecule has 1 N–H and O–H groups in total. The molecule has 1 aliphatic rings. The lowest BCUT2D eigenvalue weighted by molar-refractivity contribution is -0.137. The summed E-state index contributed by atoms with van der Waals surface area (Å²) < 4.78 is 37.6. The van der Waals surface area contributed by atoms with Crippen molar-refractivity contribution in [2.24, 2.45) is 5.92 Å². The van der Waals surface area contributed by atoms with Crippen molar-refractivity contribution in [2.45, 2.75) is 12.6 Å². The molecule has 1 aromatic heterocycles. The normalized spacial score (nSPS) is 20.6. The number of rotatable bonds is 2. The Kier molecular flexibility index (Phi) is 3.25. The van der Waals surface area contributed by atoms with Gasteiger partial charge < -0.3 is 5.11 Å². The number of pyridine rings is 1. The fraction of sp³-hybridized carbons (Fsp3) is 0.455. The van der Waals surface area contributed by atoms with Gasteiger partial charge in [-0.3, -0.25) is 9.69 Å². The average molecular weight is 260 g/mol. The van der Waals surface area contributed by atoms with Crippen molar-refractivity contribution in [3.63, 3.8) is 0 Å². The SMILES string of the molecule is O=C1CC(CO)CN1c1cc(C(F)(F)F)ccn1. The van der Waals surface area contributed by atoms with Crippen molar-refractivity contribution in [1.29, 1.82) is 0 Å². The molecule has 0 spiro atoms. The van der Waals surface area contributed by atoms with E-state index in [1.807, 2.05) is 0 Å². The highest BCUT2D eigenvalue weighted by atomic mass is 19.4. The van der Waals surface area contributed by atoms with Crippen molar-refractivity contribution in [1.82, 2.24) is 4.98 Å². The van der Waals surface area contributed by atoms with Crippen LogP contribution < -0.4 is 4.90 Å². The summed E-state index contributed by atoms with van der Waals surface area (Å²) >= 11 is 0. The lowest BCUT2D eigenvalue weighted by atomic mass is 10.1. The number of amides is 1. The van der Waals surface area contributed by atoms with Crippen LogP contribution in [0.5, 0.6) is 0 Å². The van der Waals surface area contributed by atoms with Gasteiger partial charge in [0.05, 0.1) is 5.56 Å². The standard InChI is InChI=1S/C11H11F3N2O2/c12-11(13,14)8-1-2-15-9(4-8)16-5-7(6-17)3-10(16)18/h1-2,4,7,17H,3,5-6H2. The Morgan fingerprint density at radius 2 is 2.22 bits per heavy atom. The zero-order valence-corrected chi connectivity index (χ0v) is 9.31. The summed E-state index contributed by atoms with van der Waals surface area (Å²) in [7, 11) is 0. The molecule has 1 fully saturated rings. The van der Waals surface area contributed by atoms with Gasteiger partial charge in [-0.1, -0.05) is 0 Å². The van der Waals surface area contributed by atoms with Gasteiger partial charge in [0.1, 0.15) is 5.82 Å². The number of hydrogen-bond acceptors (Lipinski definition) is 3. The van der Waals surface area contributed by atoms with E-state index in [9.17, 15) is 18.0 Å². The molecule has 1 saturated heterocycles. The largest absolute Gasteiger partial charge is 0.416 e. The number of carbonyl (C=O) groups excluding carboxylic acids is 1. The number of hydrogen-bond donors (Lipinski definition) is 1. The zero-order valence-electron chi connectivity index (χ0n) is 9.31. The summed E-state index contributed by atoms with van der Waals surface area (Å²) in [4.78, 5) is 16.6. The molecule has 1 unspecified atom stereocenters. The molecule has 0 bridgehead atoms. The molecule has 1 aromatic rings. The van der Waals surface area contributed by atoms with Crippen LogP contribution in [0.15, 0.2) is 18.3 Å². The van der Waals surface area contributed by atoms with Gasteiger partial charge in [0.15, 0.2) is 0 Å². The van der Waals surface area contributed by atoms with Crippen LogP contribution in [-0.4, -0.2) is 29.1 Å². The van der Waals surface area contributed by atoms with Gasteiger partial charge in [-0.25, -0.2) is 4.98 Å². The van der Waals surface area contributed by atoms with E-state index in [1.54, 1.807) is 0 Å². The summed E-state index contributed by atoms with van der Waals surface area (Å²) in [5.74, 6) is -0.583. The van der Waals surface area contributed by atoms with Gasteiger partial charge in [0.25, 0.3) is 0 Å². The van der Waals surface area contributed by atoms with E-state index in [0.29, 0.717) is 0 Å². The van der Waals surface area contributed by atoms with Crippen LogP contribution in [-0.2, 0) is 11.0 Å². The lowest BCUT2D eigenvalue weighted by Crippen LogP contribution is -2.26. The highest BCUT2D eigenvalue weighted by Gasteiger charge is 2.34. The Morgan fingerprint density at radius 1 is 1.50 bits per heavy atom. The number of carbonyl (C=O) groups is 1. The third kappa shape index (κ3) is 2.45. The van der Waals surface area contributed by atoms with E-state index >= 15 is 0 Å². The first-order chi connectivity index (χ1) is 8.41. The minimum atomic E-state index is -4.46. The summed E-state index contributed by atoms with van der Waals surface area (Å²) in [6, 6.07) is 1.70. The van der Waals surface area contributed by atoms with Crippen molar-refractivity contribution >= 4 is 11.7 Å². The van der Waals surface area contributed by atoms with E-state index in [-0.39, 0.29) is 37.2 Å². The Morgan fingerprint density at radius 3 is 2.78 bits per heavy atom. The maximum absolute atomic E-state index is 12.5. The van der Waals surface area contributed by atoms with Crippen LogP contribution >= 0.6 is 0 Å². The molecule has 7 heteroatoms. The summed E-state index contributed by atoms with van der Waals surface area (Å²) in [6.45, 7) is 0.0326. The van der Waals surface area contributed by atoms with Crippen molar-refractivity contribution in [3.05, 3.63) is 23.9 Å². The number of halogens is 3. The molecule has 4 nitrogen and oxygen atoms in total. The first-order valence-corrected chi connectivity index (χ1v) is 5.36. The Bertz CT molecular complexity index is 462. The van der Waals surface area contributed by atoms with Gasteiger partial charge in [0, 0.05) is 31.7 Å². The molecular formula is C11H11F3N2O2. The Labute approximate surface area is 101 Å². The maximum atomic E-state index is 12.5. The monoisotopic (exact) mass is 260 g/mol. The first-order valence-electron chi connectivity index (χ1n) is 5.36. The Balaban J connectivity index is 2.27. The van der Waals surface area contributed by atoms with E-state index in [1.165, 1.54) is 4.90 Å². The number of alkyl halides is 3. The molecule has 2 rings (SSSR count). The lowest BCUT2D eigenvalue weighted by Gasteiger charge is -2.16. The Hall–Kier alpha value is -1.63. The third-order valence-corrected chi connectivity index (χ3v) is 2.81. The predicted octanol–water partition coefficient (Wildman–Crippen LogP) is 1.45. The van der Waals surface area contributed by atoms with Gasteiger partial charge in [-0.2, -0.15) is 13.2 Å². The number of nitrogens with zero attached hydrogens (tertiary/aromatic N) is 2. The minimum Gasteiger partial charge on any atom is -0.396 e. The van der Waals surface area contributed by atoms with E-state index in [2.05, 4.69) is 4.98 Å². The van der Waals surface area contributed by atoms with E-state index < -0.39 is 11.7 Å². The summed E-state index contributed by atoms with van der Waals surface area (Å²) in [6.07, 6.45) is -3.30. The quantitative estimate of drug-likeness (QED) is 0.875. The van der Waals surface area contributed by atoms with Crippen molar-refractivity contribution in [3.8, 4) is 0 Å². The average Bonchev–Trinajstić information content (AvgIpc) is 2.70. The van der Waals surface area contributed by atoms with Crippen molar-refractivity contribution in [2.75, 3.05) is 18.1 Å². The maximum Gasteiger partial charge on any atom is 0.416 e. The summed E-state index contributed by atoms with van der Waals surface area (Å²) in [5, 5.41) is 8.95. The molecule has 1 amide bonds. The predicted molar refractivity (Wildman–Crippen MR) is 56.8 cm³/mol. The van der Waals surface area contributed by atoms with Gasteiger partial charge in [0.2, 0.25) is 5.91 Å². The van der Waals surface area contributed by atoms with E-state index in [0.717, 1.165) is 18.3 Å². The molecule has 2 heterocycles. The molecule has 0 radical (unpaired) electrons. The molecule has 98 valence electrons. The second-order valence-electron chi connectivity index (χ2n) is 4.16. The van der Waals surface area contributed by atoms with Crippen LogP contribution in [0.3, 0.4) is 0 Å². The highest BCUT2D eigenvalue weighted by molar-refractivity contribution is 5.94. The first kappa shape index (κ1) is 12.8. The van der Waals surface area contributed by atoms with Crippen LogP contribution in [0.4, 0.5) is 19.0 Å². The third-order valence-electron chi connectivity index (χ3n) is 2.81. The van der Waals surface area contributed by atoms with Crippen LogP contribution in [0.1, 0.15) is 12.0 Å². The van der Waals surface area contributed by atoms with Crippen LogP contribution in [0.2, 0.25) is 0 Å².